The lowest BCUT2D eigenvalue weighted by atomic mass is 10.4. The van der Waals surface area contributed by atoms with Crippen molar-refractivity contribution in [3.8, 4) is 0 Å². The second-order valence-corrected chi connectivity index (χ2v) is 2.22. The van der Waals surface area contributed by atoms with E-state index < -0.39 is 0 Å². The second kappa shape index (κ2) is 3.81. The van der Waals surface area contributed by atoms with E-state index in [9.17, 15) is 4.39 Å². The lowest BCUT2D eigenvalue weighted by Crippen LogP contribution is -1.86. The van der Waals surface area contributed by atoms with Crippen molar-refractivity contribution in [2.24, 2.45) is 0 Å². The summed E-state index contributed by atoms with van der Waals surface area (Å²) in [5, 5.41) is 1.01. The quantitative estimate of drug-likeness (QED) is 0.513. The largest absolute Gasteiger partial charge is 0.207 e. The molecular formula is C6H7ClFP. The zero-order chi connectivity index (χ0) is 5.98. The zero-order valence-corrected chi connectivity index (χ0v) is 6.64. The van der Waals surface area contributed by atoms with Gasteiger partial charge in [-0.05, 0) is 17.4 Å². The van der Waals surface area contributed by atoms with Crippen molar-refractivity contribution < 1.29 is 4.39 Å². The van der Waals surface area contributed by atoms with Crippen LogP contribution in [0.4, 0.5) is 4.39 Å². The van der Waals surface area contributed by atoms with Crippen LogP contribution in [0.2, 0.25) is 0 Å². The Morgan fingerprint density at radius 3 is 1.89 bits per heavy atom. The first-order valence-electron chi connectivity index (χ1n) is 2.30. The molecular weight excluding hydrogens is 157 g/mol. The molecule has 0 saturated carbocycles. The van der Waals surface area contributed by atoms with Crippen molar-refractivity contribution in [1.29, 1.82) is 0 Å². The summed E-state index contributed by atoms with van der Waals surface area (Å²) < 4.78 is 12.1. The summed E-state index contributed by atoms with van der Waals surface area (Å²) in [7, 11) is 2.48. The van der Waals surface area contributed by atoms with Crippen LogP contribution in [-0.4, -0.2) is 0 Å². The van der Waals surface area contributed by atoms with Gasteiger partial charge in [0.2, 0.25) is 0 Å². The predicted octanol–water partition coefficient (Wildman–Crippen LogP) is 1.75. The summed E-state index contributed by atoms with van der Waals surface area (Å²) in [5.74, 6) is -0.184. The molecule has 0 aliphatic heterocycles. The van der Waals surface area contributed by atoms with E-state index in [2.05, 4.69) is 9.24 Å². The van der Waals surface area contributed by atoms with E-state index in [4.69, 9.17) is 0 Å². The van der Waals surface area contributed by atoms with E-state index in [1.165, 1.54) is 12.1 Å². The summed E-state index contributed by atoms with van der Waals surface area (Å²) in [6.07, 6.45) is 0. The Bertz CT molecular complexity index is 152. The van der Waals surface area contributed by atoms with Gasteiger partial charge in [-0.25, -0.2) is 4.39 Å². The highest BCUT2D eigenvalue weighted by Crippen LogP contribution is 1.94. The van der Waals surface area contributed by atoms with E-state index in [-0.39, 0.29) is 18.2 Å². The van der Waals surface area contributed by atoms with Gasteiger partial charge in [0.25, 0.3) is 0 Å². The van der Waals surface area contributed by atoms with E-state index >= 15 is 0 Å². The highest BCUT2D eigenvalue weighted by molar-refractivity contribution is 7.27. The van der Waals surface area contributed by atoms with Gasteiger partial charge < -0.3 is 0 Å². The minimum Gasteiger partial charge on any atom is -0.207 e. The summed E-state index contributed by atoms with van der Waals surface area (Å²) in [5.41, 5.74) is 0. The minimum absolute atomic E-state index is 0. The molecule has 0 aromatic heterocycles. The van der Waals surface area contributed by atoms with Gasteiger partial charge >= 0.3 is 0 Å². The van der Waals surface area contributed by atoms with E-state index in [1.807, 2.05) is 0 Å². The van der Waals surface area contributed by atoms with Crippen molar-refractivity contribution in [3.05, 3.63) is 30.1 Å². The molecule has 1 atom stereocenters. The van der Waals surface area contributed by atoms with Gasteiger partial charge in [0.15, 0.2) is 0 Å². The topological polar surface area (TPSA) is 0 Å². The normalized spacial score (nSPS) is 8.22. The van der Waals surface area contributed by atoms with Crippen molar-refractivity contribution in [2.45, 2.75) is 0 Å². The predicted molar refractivity (Wildman–Crippen MR) is 43.0 cm³/mol. The third-order valence-electron chi connectivity index (χ3n) is 0.870. The number of rotatable bonds is 0. The van der Waals surface area contributed by atoms with Crippen LogP contribution >= 0.6 is 21.6 Å². The maximum Gasteiger partial charge on any atom is 0.123 e. The van der Waals surface area contributed by atoms with Crippen LogP contribution in [0.5, 0.6) is 0 Å². The summed E-state index contributed by atoms with van der Waals surface area (Å²) in [6.45, 7) is 0. The SMILES string of the molecule is Cl.Fc1ccc(P)cc1. The summed E-state index contributed by atoms with van der Waals surface area (Å²) in [4.78, 5) is 0. The highest BCUT2D eigenvalue weighted by atomic mass is 35.5. The van der Waals surface area contributed by atoms with Gasteiger partial charge in [0.05, 0.1) is 0 Å². The first kappa shape index (κ1) is 8.87. The molecule has 1 aromatic rings. The van der Waals surface area contributed by atoms with E-state index in [0.29, 0.717) is 0 Å². The molecule has 3 heteroatoms. The Morgan fingerprint density at radius 1 is 1.11 bits per heavy atom. The number of hydrogen-bond acceptors (Lipinski definition) is 0. The van der Waals surface area contributed by atoms with Gasteiger partial charge in [0, 0.05) is 0 Å². The van der Waals surface area contributed by atoms with Gasteiger partial charge in [-0.1, -0.05) is 12.1 Å². The Kier molecular flexibility index (Phi) is 3.76. The maximum atomic E-state index is 12.1. The minimum atomic E-state index is -0.184. The van der Waals surface area contributed by atoms with Crippen LogP contribution in [0.25, 0.3) is 0 Å². The molecule has 1 rings (SSSR count). The summed E-state index contributed by atoms with van der Waals surface area (Å²) in [6, 6.07) is 6.28. The van der Waals surface area contributed by atoms with Crippen molar-refractivity contribution in [3.63, 3.8) is 0 Å². The third-order valence-corrected chi connectivity index (χ3v) is 1.25. The van der Waals surface area contributed by atoms with Crippen LogP contribution in [0.1, 0.15) is 0 Å². The molecule has 0 nitrogen and oxygen atoms in total. The smallest absolute Gasteiger partial charge is 0.123 e. The molecule has 0 heterocycles. The lowest BCUT2D eigenvalue weighted by molar-refractivity contribution is 0.628. The first-order chi connectivity index (χ1) is 3.79. The molecule has 0 spiro atoms. The highest BCUT2D eigenvalue weighted by Gasteiger charge is 1.83. The van der Waals surface area contributed by atoms with Crippen LogP contribution < -0.4 is 5.30 Å². The van der Waals surface area contributed by atoms with Crippen LogP contribution in [0, 0.1) is 5.82 Å². The van der Waals surface area contributed by atoms with Gasteiger partial charge in [-0.2, -0.15) is 0 Å². The van der Waals surface area contributed by atoms with Crippen molar-refractivity contribution in [2.75, 3.05) is 0 Å². The molecule has 0 bridgehead atoms. The first-order valence-corrected chi connectivity index (χ1v) is 2.88. The average Bonchev–Trinajstić information content (AvgIpc) is 1.77. The molecule has 0 amide bonds. The Labute approximate surface area is 62.1 Å². The molecule has 0 N–H and O–H groups in total. The van der Waals surface area contributed by atoms with Crippen LogP contribution in [0.15, 0.2) is 24.3 Å². The monoisotopic (exact) mass is 164 g/mol. The van der Waals surface area contributed by atoms with Crippen LogP contribution in [-0.2, 0) is 0 Å². The molecule has 0 saturated heterocycles. The maximum absolute atomic E-state index is 12.1. The van der Waals surface area contributed by atoms with Crippen molar-refractivity contribution in [1.82, 2.24) is 0 Å². The molecule has 1 unspecified atom stereocenters. The molecule has 1 aromatic carbocycles. The molecule has 50 valence electrons. The molecule has 0 radical (unpaired) electrons. The number of halogens is 2. The third kappa shape index (κ3) is 2.78. The Balaban J connectivity index is 0.000000640. The van der Waals surface area contributed by atoms with Crippen molar-refractivity contribution >= 4 is 27.0 Å². The Morgan fingerprint density at radius 2 is 1.56 bits per heavy atom. The standard InChI is InChI=1S/C6H6FP.ClH/c7-5-1-3-6(8)4-2-5;/h1-4H,8H2;1H. The van der Waals surface area contributed by atoms with Crippen LogP contribution in [0.3, 0.4) is 0 Å². The number of hydrogen-bond donors (Lipinski definition) is 0. The molecule has 0 aliphatic carbocycles. The number of benzene rings is 1. The fourth-order valence-electron chi connectivity index (χ4n) is 0.463. The molecule has 9 heavy (non-hydrogen) atoms. The Hall–Kier alpha value is -0.130. The summed E-state index contributed by atoms with van der Waals surface area (Å²) >= 11 is 0. The van der Waals surface area contributed by atoms with E-state index in [0.717, 1.165) is 5.30 Å². The second-order valence-electron chi connectivity index (χ2n) is 1.55. The lowest BCUT2D eigenvalue weighted by Gasteiger charge is -1.86. The van der Waals surface area contributed by atoms with Gasteiger partial charge in [0.1, 0.15) is 5.82 Å². The molecule has 0 fully saturated rings. The van der Waals surface area contributed by atoms with Gasteiger partial charge in [-0.15, -0.1) is 21.6 Å². The fourth-order valence-corrected chi connectivity index (χ4v) is 0.655. The van der Waals surface area contributed by atoms with E-state index in [1.54, 1.807) is 12.1 Å². The molecule has 0 aliphatic rings. The van der Waals surface area contributed by atoms with Gasteiger partial charge in [-0.3, -0.25) is 0 Å². The zero-order valence-electron chi connectivity index (χ0n) is 4.67. The average molecular weight is 165 g/mol. The fraction of sp³-hybridized carbons (Fsp3) is 0.